The molecule has 0 N–H and O–H groups in total. The summed E-state index contributed by atoms with van der Waals surface area (Å²) in [7, 11) is 3.40. The third kappa shape index (κ3) is 4.92. The Bertz CT molecular complexity index is 989. The maximum atomic E-state index is 5.42. The first-order chi connectivity index (χ1) is 15.2. The van der Waals surface area contributed by atoms with Crippen LogP contribution in [0.4, 0.5) is 0 Å². The quantitative estimate of drug-likeness (QED) is 0.207. The molecule has 4 aromatic carbocycles. The molecule has 156 valence electrons. The van der Waals surface area contributed by atoms with E-state index in [1.807, 2.05) is 47.8 Å². The molecule has 0 aromatic heterocycles. The van der Waals surface area contributed by atoms with Gasteiger partial charge in [0, 0.05) is 9.79 Å². The zero-order chi connectivity index (χ0) is 21.5. The fraction of sp³-hybridized carbons (Fsp3) is 0.111. The molecule has 0 heterocycles. The fourth-order valence-corrected chi connectivity index (χ4v) is 6.36. The lowest BCUT2D eigenvalue weighted by Gasteiger charge is -2.34. The van der Waals surface area contributed by atoms with Crippen molar-refractivity contribution in [3.63, 3.8) is 0 Å². The molecule has 4 heteroatoms. The van der Waals surface area contributed by atoms with Crippen molar-refractivity contribution in [1.29, 1.82) is 0 Å². The molecule has 0 aliphatic heterocycles. The molecule has 0 amide bonds. The molecule has 0 saturated carbocycles. The van der Waals surface area contributed by atoms with Crippen LogP contribution in [0.3, 0.4) is 0 Å². The van der Waals surface area contributed by atoms with Crippen LogP contribution in [0.15, 0.2) is 119 Å². The fourth-order valence-electron chi connectivity index (χ4n) is 3.35. The molecule has 0 fully saturated rings. The van der Waals surface area contributed by atoms with Crippen LogP contribution in [0.25, 0.3) is 0 Å². The summed E-state index contributed by atoms with van der Waals surface area (Å²) < 4.78 is 10.4. The van der Waals surface area contributed by atoms with Crippen LogP contribution >= 0.6 is 23.5 Å². The summed E-state index contributed by atoms with van der Waals surface area (Å²) >= 11 is 3.69. The molecule has 4 rings (SSSR count). The van der Waals surface area contributed by atoms with Crippen molar-refractivity contribution in [3.05, 3.63) is 120 Å². The standard InChI is InChI=1S/C27H24O2S2/c1-28-23-17-13-21(14-18-23)27(30-25-9-5-3-6-10-25,31-26-11-7-4-8-12-26)22-15-19-24(29-2)20-16-22/h3-20H,1-2H3. The first kappa shape index (κ1) is 21.4. The minimum atomic E-state index is -0.402. The topological polar surface area (TPSA) is 18.5 Å². The van der Waals surface area contributed by atoms with Gasteiger partial charge in [-0.1, -0.05) is 84.2 Å². The second-order valence-corrected chi connectivity index (χ2v) is 9.74. The van der Waals surface area contributed by atoms with Gasteiger partial charge in [-0.05, 0) is 59.7 Å². The number of methoxy groups -OCH3 is 2. The average molecular weight is 445 g/mol. The Kier molecular flexibility index (Phi) is 6.90. The monoisotopic (exact) mass is 444 g/mol. The van der Waals surface area contributed by atoms with E-state index in [2.05, 4.69) is 84.9 Å². The summed E-state index contributed by atoms with van der Waals surface area (Å²) in [6, 6.07) is 37.9. The van der Waals surface area contributed by atoms with E-state index in [0.29, 0.717) is 0 Å². The summed E-state index contributed by atoms with van der Waals surface area (Å²) in [5, 5.41) is 0. The Labute approximate surface area is 192 Å². The first-order valence-corrected chi connectivity index (χ1v) is 11.6. The Morgan fingerprint density at radius 3 is 1.16 bits per heavy atom. The van der Waals surface area contributed by atoms with Gasteiger partial charge >= 0.3 is 0 Å². The highest BCUT2D eigenvalue weighted by Gasteiger charge is 2.37. The Morgan fingerprint density at radius 2 is 0.839 bits per heavy atom. The summed E-state index contributed by atoms with van der Waals surface area (Å²) in [4.78, 5) is 2.41. The summed E-state index contributed by atoms with van der Waals surface area (Å²) in [5.41, 5.74) is 2.39. The SMILES string of the molecule is COc1ccc(C(Sc2ccccc2)(Sc2ccccc2)c2ccc(OC)cc2)cc1. The summed E-state index contributed by atoms with van der Waals surface area (Å²) in [6.45, 7) is 0. The molecular weight excluding hydrogens is 420 g/mol. The van der Waals surface area contributed by atoms with Crippen molar-refractivity contribution in [2.24, 2.45) is 0 Å². The van der Waals surface area contributed by atoms with Gasteiger partial charge in [-0.2, -0.15) is 0 Å². The zero-order valence-electron chi connectivity index (χ0n) is 17.5. The van der Waals surface area contributed by atoms with Crippen molar-refractivity contribution in [2.45, 2.75) is 13.9 Å². The molecule has 0 bridgehead atoms. The molecule has 0 radical (unpaired) electrons. The highest BCUT2D eigenvalue weighted by atomic mass is 32.2. The Hall–Kier alpha value is -2.82. The maximum absolute atomic E-state index is 5.42. The van der Waals surface area contributed by atoms with Crippen LogP contribution in [0.1, 0.15) is 11.1 Å². The van der Waals surface area contributed by atoms with Crippen molar-refractivity contribution >= 4 is 23.5 Å². The van der Waals surface area contributed by atoms with E-state index in [4.69, 9.17) is 9.47 Å². The smallest absolute Gasteiger partial charge is 0.120 e. The van der Waals surface area contributed by atoms with E-state index < -0.39 is 4.08 Å². The number of hydrogen-bond acceptors (Lipinski definition) is 4. The van der Waals surface area contributed by atoms with Crippen LogP contribution in [0.2, 0.25) is 0 Å². The van der Waals surface area contributed by atoms with E-state index in [9.17, 15) is 0 Å². The van der Waals surface area contributed by atoms with Gasteiger partial charge < -0.3 is 9.47 Å². The first-order valence-electron chi connectivity index (χ1n) is 10.0. The number of thioether (sulfide) groups is 2. The summed E-state index contributed by atoms with van der Waals surface area (Å²) in [6.07, 6.45) is 0. The Balaban J connectivity index is 1.90. The van der Waals surface area contributed by atoms with Crippen LogP contribution in [0, 0.1) is 0 Å². The minimum absolute atomic E-state index is 0.402. The summed E-state index contributed by atoms with van der Waals surface area (Å²) in [5.74, 6) is 1.70. The molecule has 0 unspecified atom stereocenters. The third-order valence-corrected chi connectivity index (χ3v) is 7.98. The van der Waals surface area contributed by atoms with Crippen LogP contribution < -0.4 is 9.47 Å². The van der Waals surface area contributed by atoms with E-state index in [1.165, 1.54) is 20.9 Å². The molecule has 0 atom stereocenters. The molecular formula is C27H24O2S2. The number of benzene rings is 4. The normalized spacial score (nSPS) is 11.2. The average Bonchev–Trinajstić information content (AvgIpc) is 2.85. The molecule has 0 saturated heterocycles. The van der Waals surface area contributed by atoms with Gasteiger partial charge in [0.25, 0.3) is 0 Å². The largest absolute Gasteiger partial charge is 0.497 e. The predicted octanol–water partition coefficient (Wildman–Crippen LogP) is 7.49. The van der Waals surface area contributed by atoms with E-state index in [1.54, 1.807) is 14.2 Å². The molecule has 0 aliphatic rings. The van der Waals surface area contributed by atoms with Crippen LogP contribution in [-0.4, -0.2) is 14.2 Å². The van der Waals surface area contributed by atoms with E-state index in [-0.39, 0.29) is 0 Å². The van der Waals surface area contributed by atoms with E-state index in [0.717, 1.165) is 11.5 Å². The number of rotatable bonds is 8. The van der Waals surface area contributed by atoms with E-state index >= 15 is 0 Å². The third-order valence-electron chi connectivity index (χ3n) is 4.95. The number of ether oxygens (including phenoxy) is 2. The van der Waals surface area contributed by atoms with Gasteiger partial charge in [-0.15, -0.1) is 0 Å². The molecule has 0 spiro atoms. The highest BCUT2D eigenvalue weighted by Crippen LogP contribution is 2.57. The van der Waals surface area contributed by atoms with Gasteiger partial charge in [0.05, 0.1) is 14.2 Å². The Morgan fingerprint density at radius 1 is 0.484 bits per heavy atom. The second kappa shape index (κ2) is 9.99. The highest BCUT2D eigenvalue weighted by molar-refractivity contribution is 8.17. The van der Waals surface area contributed by atoms with Crippen LogP contribution in [0.5, 0.6) is 11.5 Å². The predicted molar refractivity (Wildman–Crippen MR) is 131 cm³/mol. The van der Waals surface area contributed by atoms with Gasteiger partial charge in [0.15, 0.2) is 0 Å². The lowest BCUT2D eigenvalue weighted by atomic mass is 10.0. The second-order valence-electron chi connectivity index (χ2n) is 6.90. The van der Waals surface area contributed by atoms with Crippen molar-refractivity contribution in [3.8, 4) is 11.5 Å². The van der Waals surface area contributed by atoms with Gasteiger partial charge in [0.2, 0.25) is 0 Å². The van der Waals surface area contributed by atoms with Gasteiger partial charge in [-0.3, -0.25) is 0 Å². The molecule has 0 aliphatic carbocycles. The number of hydrogen-bond donors (Lipinski definition) is 0. The van der Waals surface area contributed by atoms with Gasteiger partial charge in [0.1, 0.15) is 15.6 Å². The maximum Gasteiger partial charge on any atom is 0.120 e. The van der Waals surface area contributed by atoms with Crippen molar-refractivity contribution in [1.82, 2.24) is 0 Å². The van der Waals surface area contributed by atoms with Crippen molar-refractivity contribution < 1.29 is 9.47 Å². The van der Waals surface area contributed by atoms with Gasteiger partial charge in [-0.25, -0.2) is 0 Å². The molecule has 4 aromatic rings. The van der Waals surface area contributed by atoms with Crippen LogP contribution in [-0.2, 0) is 4.08 Å². The lowest BCUT2D eigenvalue weighted by molar-refractivity contribution is 0.414. The lowest BCUT2D eigenvalue weighted by Crippen LogP contribution is -2.19. The zero-order valence-corrected chi connectivity index (χ0v) is 19.2. The van der Waals surface area contributed by atoms with Crippen molar-refractivity contribution in [2.75, 3.05) is 14.2 Å². The molecule has 31 heavy (non-hydrogen) atoms. The molecule has 2 nitrogen and oxygen atoms in total. The minimum Gasteiger partial charge on any atom is -0.497 e.